The molecule has 0 aromatic carbocycles. The molecule has 0 spiro atoms. The molecule has 0 bridgehead atoms. The normalized spacial score (nSPS) is 29.1. The second-order valence-corrected chi connectivity index (χ2v) is 9.04. The Morgan fingerprint density at radius 1 is 1.16 bits per heavy atom. The zero-order chi connectivity index (χ0) is 23.9. The van der Waals surface area contributed by atoms with E-state index in [1.807, 2.05) is 18.7 Å². The third-order valence-corrected chi connectivity index (χ3v) is 6.58. The predicted molar refractivity (Wildman–Crippen MR) is 113 cm³/mol. The fourth-order valence-corrected chi connectivity index (χ4v) is 4.59. The molecule has 5 unspecified atom stereocenters. The van der Waals surface area contributed by atoms with E-state index in [0.29, 0.717) is 32.2 Å². The second-order valence-electron chi connectivity index (χ2n) is 9.04. The summed E-state index contributed by atoms with van der Waals surface area (Å²) in [7, 11) is 0. The summed E-state index contributed by atoms with van der Waals surface area (Å²) in [6, 6.07) is -0.251. The lowest BCUT2D eigenvalue weighted by atomic mass is 9.91. The summed E-state index contributed by atoms with van der Waals surface area (Å²) in [5, 5.41) is 17.5. The molecule has 0 aliphatic carbocycles. The van der Waals surface area contributed by atoms with Crippen molar-refractivity contribution < 1.29 is 37.7 Å². The van der Waals surface area contributed by atoms with E-state index in [2.05, 4.69) is 0 Å². The highest BCUT2D eigenvalue weighted by molar-refractivity contribution is 5.79. The van der Waals surface area contributed by atoms with Crippen LogP contribution in [0.4, 0.5) is 13.2 Å². The Hall–Kier alpha value is -1.65. The summed E-state index contributed by atoms with van der Waals surface area (Å²) >= 11 is 0. The lowest BCUT2D eigenvalue weighted by molar-refractivity contribution is -0.153. The van der Waals surface area contributed by atoms with Crippen LogP contribution in [-0.2, 0) is 14.3 Å². The Balaban J connectivity index is 1.86. The molecule has 2 rings (SSSR count). The highest BCUT2D eigenvalue weighted by atomic mass is 19.3. The van der Waals surface area contributed by atoms with Gasteiger partial charge < -0.3 is 14.9 Å². The first-order chi connectivity index (χ1) is 15.0. The van der Waals surface area contributed by atoms with Gasteiger partial charge in [-0.05, 0) is 52.5 Å². The topological polar surface area (TPSA) is 90.3 Å². The van der Waals surface area contributed by atoms with Crippen LogP contribution in [0.5, 0.6) is 0 Å². The van der Waals surface area contributed by atoms with Crippen LogP contribution in [-0.4, -0.2) is 95.0 Å². The lowest BCUT2D eigenvalue weighted by Crippen LogP contribution is -2.53. The molecule has 0 radical (unpaired) electrons. The Kier molecular flexibility index (Phi) is 9.97. The van der Waals surface area contributed by atoms with Crippen LogP contribution in [0.1, 0.15) is 46.0 Å². The van der Waals surface area contributed by atoms with Crippen molar-refractivity contribution in [2.75, 3.05) is 32.8 Å². The summed E-state index contributed by atoms with van der Waals surface area (Å²) in [5.41, 5.74) is 0. The number of aliphatic carboxylic acids is 2. The Bertz CT molecular complexity index is 663. The number of alkyl halides is 3. The van der Waals surface area contributed by atoms with Gasteiger partial charge in [0.05, 0.1) is 13.2 Å². The maximum absolute atomic E-state index is 14.6. The van der Waals surface area contributed by atoms with Crippen molar-refractivity contribution in [3.05, 3.63) is 12.2 Å². The third-order valence-electron chi connectivity index (χ3n) is 6.58. The van der Waals surface area contributed by atoms with Crippen molar-refractivity contribution >= 4 is 11.9 Å². The van der Waals surface area contributed by atoms with Crippen molar-refractivity contribution in [2.24, 2.45) is 5.92 Å². The van der Waals surface area contributed by atoms with E-state index in [4.69, 9.17) is 14.9 Å². The van der Waals surface area contributed by atoms with Crippen LogP contribution in [0.25, 0.3) is 0 Å². The number of nitrogens with zero attached hydrogens (tertiary/aromatic N) is 2. The van der Waals surface area contributed by atoms with E-state index < -0.39 is 43.1 Å². The van der Waals surface area contributed by atoms with Crippen molar-refractivity contribution in [1.82, 2.24) is 9.80 Å². The number of halogens is 3. The molecular formula is C22H35F3N2O5. The summed E-state index contributed by atoms with van der Waals surface area (Å²) < 4.78 is 48.0. The minimum absolute atomic E-state index is 0.0121. The largest absolute Gasteiger partial charge is 0.480 e. The predicted octanol–water partition coefficient (Wildman–Crippen LogP) is 3.05. The molecule has 32 heavy (non-hydrogen) atoms. The first-order valence-corrected chi connectivity index (χ1v) is 11.2. The van der Waals surface area contributed by atoms with Gasteiger partial charge in [0.2, 0.25) is 0 Å². The van der Waals surface area contributed by atoms with Crippen molar-refractivity contribution in [3.63, 3.8) is 0 Å². The van der Waals surface area contributed by atoms with Gasteiger partial charge in [0, 0.05) is 36.7 Å². The Morgan fingerprint density at radius 3 is 2.47 bits per heavy atom. The van der Waals surface area contributed by atoms with Crippen molar-refractivity contribution in [1.29, 1.82) is 0 Å². The molecule has 2 saturated heterocycles. The summed E-state index contributed by atoms with van der Waals surface area (Å²) in [4.78, 5) is 25.1. The highest BCUT2D eigenvalue weighted by Gasteiger charge is 2.45. The van der Waals surface area contributed by atoms with E-state index in [1.165, 1.54) is 0 Å². The minimum atomic E-state index is -2.96. The Labute approximate surface area is 187 Å². The zero-order valence-corrected chi connectivity index (χ0v) is 18.8. The number of piperidine rings is 2. The molecular weight excluding hydrogens is 429 g/mol. The van der Waals surface area contributed by atoms with Gasteiger partial charge in [0.15, 0.2) is 0 Å². The van der Waals surface area contributed by atoms with Crippen molar-refractivity contribution in [2.45, 2.75) is 76.2 Å². The van der Waals surface area contributed by atoms with Crippen LogP contribution < -0.4 is 0 Å². The molecule has 0 aromatic heterocycles. The molecule has 10 heteroatoms. The average molecular weight is 465 g/mol. The molecule has 0 aromatic rings. The molecule has 2 N–H and O–H groups in total. The van der Waals surface area contributed by atoms with E-state index >= 15 is 0 Å². The minimum Gasteiger partial charge on any atom is -0.480 e. The summed E-state index contributed by atoms with van der Waals surface area (Å²) in [6.45, 7) is 3.33. The first-order valence-electron chi connectivity index (χ1n) is 11.2. The van der Waals surface area contributed by atoms with Gasteiger partial charge in [-0.15, -0.1) is 0 Å². The number of hydrogen-bond acceptors (Lipinski definition) is 5. The average Bonchev–Trinajstić information content (AvgIpc) is 2.71. The Morgan fingerprint density at radius 2 is 1.84 bits per heavy atom. The smallest absolute Gasteiger partial charge is 0.329 e. The third kappa shape index (κ3) is 8.04. The fourth-order valence-electron chi connectivity index (χ4n) is 4.59. The number of carboxylic acid groups (broad SMARTS) is 2. The molecule has 0 saturated carbocycles. The van der Waals surface area contributed by atoms with Gasteiger partial charge in [-0.2, -0.15) is 0 Å². The van der Waals surface area contributed by atoms with Crippen LogP contribution in [0.15, 0.2) is 12.2 Å². The van der Waals surface area contributed by atoms with E-state index in [9.17, 15) is 22.8 Å². The lowest BCUT2D eigenvalue weighted by Gasteiger charge is -2.42. The highest BCUT2D eigenvalue weighted by Crippen LogP contribution is 2.34. The molecule has 7 nitrogen and oxygen atoms in total. The van der Waals surface area contributed by atoms with Crippen LogP contribution in [0, 0.1) is 5.92 Å². The second kappa shape index (κ2) is 12.0. The van der Waals surface area contributed by atoms with E-state index in [0.717, 1.165) is 6.08 Å². The van der Waals surface area contributed by atoms with Gasteiger partial charge in [-0.3, -0.25) is 9.80 Å². The van der Waals surface area contributed by atoms with Gasteiger partial charge in [-0.1, -0.05) is 6.08 Å². The van der Waals surface area contributed by atoms with Gasteiger partial charge >= 0.3 is 11.9 Å². The van der Waals surface area contributed by atoms with Crippen LogP contribution >= 0.6 is 0 Å². The molecule has 2 heterocycles. The quantitative estimate of drug-likeness (QED) is 0.454. The molecule has 184 valence electrons. The van der Waals surface area contributed by atoms with Gasteiger partial charge in [0.25, 0.3) is 5.92 Å². The maximum atomic E-state index is 14.6. The number of likely N-dealkylation sites (tertiary alicyclic amines) is 2. The van der Waals surface area contributed by atoms with Crippen molar-refractivity contribution in [3.8, 4) is 0 Å². The molecule has 2 aliphatic rings. The summed E-state index contributed by atoms with van der Waals surface area (Å²) in [5.74, 6) is -6.17. The zero-order valence-electron chi connectivity index (χ0n) is 18.8. The molecule has 0 amide bonds. The first kappa shape index (κ1) is 26.6. The number of carboxylic acids is 2. The number of rotatable bonds is 11. The number of hydrogen-bond donors (Lipinski definition) is 2. The molecule has 2 aliphatic heterocycles. The van der Waals surface area contributed by atoms with Crippen LogP contribution in [0.3, 0.4) is 0 Å². The van der Waals surface area contributed by atoms with E-state index in [-0.39, 0.29) is 37.7 Å². The van der Waals surface area contributed by atoms with Crippen LogP contribution in [0.2, 0.25) is 0 Å². The monoisotopic (exact) mass is 464 g/mol. The number of carbonyl (C=O) groups is 2. The van der Waals surface area contributed by atoms with Gasteiger partial charge in [-0.25, -0.2) is 22.8 Å². The number of ether oxygens (including phenoxy) is 1. The SMILES string of the molecule is CC(CCC(C)N1CC(F)CCC1/C=C/C(=O)O)N1CCC(COCC(=O)O)C(F)(F)C1. The van der Waals surface area contributed by atoms with E-state index in [1.54, 1.807) is 11.0 Å². The fraction of sp³-hybridized carbons (Fsp3) is 0.818. The van der Waals surface area contributed by atoms with Gasteiger partial charge in [0.1, 0.15) is 12.8 Å². The molecule has 5 atom stereocenters. The molecule has 2 fully saturated rings. The standard InChI is InChI=1S/C22H35F3N2O5/c1-15(26-10-9-17(22(24,25)14-26)12-32-13-21(30)31)3-4-16(2)27-11-18(23)5-6-19(27)7-8-20(28)29/h7-8,15-19H,3-6,9-14H2,1-2H3,(H,28,29)(H,30,31)/b8-7+. The summed E-state index contributed by atoms with van der Waals surface area (Å²) in [6.07, 6.45) is 4.25. The maximum Gasteiger partial charge on any atom is 0.329 e.